The highest BCUT2D eigenvalue weighted by atomic mass is 79.9. The third kappa shape index (κ3) is 4.51. The molecule has 0 bridgehead atoms. The van der Waals surface area contributed by atoms with Crippen molar-refractivity contribution in [2.45, 2.75) is 19.9 Å². The molecule has 1 aromatic rings. The maximum absolute atomic E-state index is 11.9. The molecule has 0 fully saturated rings. The summed E-state index contributed by atoms with van der Waals surface area (Å²) in [5, 5.41) is 3.21. The van der Waals surface area contributed by atoms with Crippen molar-refractivity contribution < 1.29 is 14.3 Å². The van der Waals surface area contributed by atoms with Crippen LogP contribution in [0.1, 0.15) is 25.5 Å². The summed E-state index contributed by atoms with van der Waals surface area (Å²) in [6, 6.07) is 5.09. The molecule has 4 nitrogen and oxygen atoms in total. The lowest BCUT2D eigenvalue weighted by molar-refractivity contribution is -0.143. The van der Waals surface area contributed by atoms with Crippen molar-refractivity contribution in [1.82, 2.24) is 5.32 Å². The van der Waals surface area contributed by atoms with Crippen LogP contribution in [0.4, 0.5) is 0 Å². The molecule has 0 radical (unpaired) electrons. The average molecular weight is 330 g/mol. The number of esters is 1. The zero-order valence-corrected chi connectivity index (χ0v) is 13.3. The molecule has 1 rings (SSSR count). The van der Waals surface area contributed by atoms with Gasteiger partial charge in [-0.25, -0.2) is 4.79 Å². The first-order valence-electron chi connectivity index (χ1n) is 6.14. The number of nitrogens with one attached hydrogen (secondary N) is 1. The van der Waals surface area contributed by atoms with E-state index in [4.69, 9.17) is 9.47 Å². The van der Waals surface area contributed by atoms with Gasteiger partial charge in [0.15, 0.2) is 0 Å². The maximum atomic E-state index is 11.9. The summed E-state index contributed by atoms with van der Waals surface area (Å²) in [4.78, 5) is 11.9. The fourth-order valence-corrected chi connectivity index (χ4v) is 2.23. The Kier molecular flexibility index (Phi) is 6.31. The molecule has 106 valence electrons. The average Bonchev–Trinajstić information content (AvgIpc) is 2.38. The number of hydrogen-bond donors (Lipinski definition) is 1. The summed E-state index contributed by atoms with van der Waals surface area (Å²) in [5.74, 6) is 0.891. The summed E-state index contributed by atoms with van der Waals surface area (Å²) in [6.07, 6.45) is 0. The standard InChI is InChI=1S/C14H20BrNO3/c1-9(2)8-16-13(14(17)19-4)10-5-6-12(18-3)11(15)7-10/h5-7,9,13,16H,8H2,1-4H3. The molecule has 0 aliphatic rings. The Hall–Kier alpha value is -1.07. The Morgan fingerprint density at radius 2 is 2.05 bits per heavy atom. The van der Waals surface area contributed by atoms with Crippen LogP contribution in [0.25, 0.3) is 0 Å². The molecule has 0 aromatic heterocycles. The van der Waals surface area contributed by atoms with Crippen molar-refractivity contribution in [3.63, 3.8) is 0 Å². The zero-order valence-electron chi connectivity index (χ0n) is 11.7. The van der Waals surface area contributed by atoms with Gasteiger partial charge in [-0.05, 0) is 46.1 Å². The maximum Gasteiger partial charge on any atom is 0.327 e. The van der Waals surface area contributed by atoms with Crippen LogP contribution in [0.2, 0.25) is 0 Å². The molecule has 0 saturated heterocycles. The van der Waals surface area contributed by atoms with Crippen LogP contribution in [0.3, 0.4) is 0 Å². The van der Waals surface area contributed by atoms with E-state index in [1.165, 1.54) is 7.11 Å². The van der Waals surface area contributed by atoms with Crippen molar-refractivity contribution in [2.24, 2.45) is 5.92 Å². The van der Waals surface area contributed by atoms with Gasteiger partial charge in [0.1, 0.15) is 11.8 Å². The molecular weight excluding hydrogens is 310 g/mol. The second-order valence-electron chi connectivity index (χ2n) is 4.65. The third-order valence-corrected chi connectivity index (χ3v) is 3.30. The summed E-state index contributed by atoms with van der Waals surface area (Å²) in [5.41, 5.74) is 0.847. The summed E-state index contributed by atoms with van der Waals surface area (Å²) in [6.45, 7) is 4.92. The van der Waals surface area contributed by atoms with Crippen molar-refractivity contribution in [3.8, 4) is 5.75 Å². The van der Waals surface area contributed by atoms with Crippen molar-refractivity contribution in [2.75, 3.05) is 20.8 Å². The monoisotopic (exact) mass is 329 g/mol. The Bertz CT molecular complexity index is 435. The smallest absolute Gasteiger partial charge is 0.327 e. The summed E-state index contributed by atoms with van der Waals surface area (Å²) in [7, 11) is 3.00. The molecule has 1 atom stereocenters. The Balaban J connectivity index is 2.96. The van der Waals surface area contributed by atoms with E-state index in [0.29, 0.717) is 5.92 Å². The van der Waals surface area contributed by atoms with Gasteiger partial charge in [0.25, 0.3) is 0 Å². The number of hydrogen-bond acceptors (Lipinski definition) is 4. The van der Waals surface area contributed by atoms with Crippen LogP contribution in [0.15, 0.2) is 22.7 Å². The van der Waals surface area contributed by atoms with E-state index in [2.05, 4.69) is 35.1 Å². The van der Waals surface area contributed by atoms with Crippen molar-refractivity contribution in [3.05, 3.63) is 28.2 Å². The third-order valence-electron chi connectivity index (χ3n) is 2.68. The number of benzene rings is 1. The van der Waals surface area contributed by atoms with Gasteiger partial charge < -0.3 is 14.8 Å². The van der Waals surface area contributed by atoms with Gasteiger partial charge in [-0.3, -0.25) is 0 Å². The normalized spacial score (nSPS) is 12.3. The molecule has 0 aliphatic heterocycles. The fraction of sp³-hybridized carbons (Fsp3) is 0.500. The first kappa shape index (κ1) is 16.0. The number of carbonyl (C=O) groups excluding carboxylic acids is 1. The second-order valence-corrected chi connectivity index (χ2v) is 5.51. The number of halogens is 1. The molecule has 0 amide bonds. The summed E-state index contributed by atoms with van der Waals surface area (Å²) >= 11 is 3.42. The molecule has 0 heterocycles. The summed E-state index contributed by atoms with van der Waals surface area (Å²) < 4.78 is 10.8. The quantitative estimate of drug-likeness (QED) is 0.815. The highest BCUT2D eigenvalue weighted by molar-refractivity contribution is 9.10. The molecular formula is C14H20BrNO3. The molecule has 1 unspecified atom stereocenters. The van der Waals surface area contributed by atoms with E-state index in [1.807, 2.05) is 18.2 Å². The Morgan fingerprint density at radius 1 is 1.37 bits per heavy atom. The molecule has 1 aromatic carbocycles. The molecule has 0 aliphatic carbocycles. The van der Waals surface area contributed by atoms with Crippen molar-refractivity contribution >= 4 is 21.9 Å². The number of carbonyl (C=O) groups is 1. The predicted octanol–water partition coefficient (Wildman–Crippen LogP) is 2.92. The number of methoxy groups -OCH3 is 2. The minimum Gasteiger partial charge on any atom is -0.496 e. The van der Waals surface area contributed by atoms with E-state index in [9.17, 15) is 4.79 Å². The van der Waals surface area contributed by atoms with Crippen LogP contribution >= 0.6 is 15.9 Å². The van der Waals surface area contributed by atoms with Gasteiger partial charge in [0, 0.05) is 0 Å². The first-order chi connectivity index (χ1) is 8.99. The zero-order chi connectivity index (χ0) is 14.4. The molecule has 5 heteroatoms. The number of rotatable bonds is 6. The highest BCUT2D eigenvalue weighted by Crippen LogP contribution is 2.28. The Labute approximate surface area is 122 Å². The van der Waals surface area contributed by atoms with Crippen LogP contribution < -0.4 is 10.1 Å². The second kappa shape index (κ2) is 7.50. The fourth-order valence-electron chi connectivity index (χ4n) is 1.67. The van der Waals surface area contributed by atoms with E-state index in [0.717, 1.165) is 22.3 Å². The van der Waals surface area contributed by atoms with Crippen molar-refractivity contribution in [1.29, 1.82) is 0 Å². The van der Waals surface area contributed by atoms with E-state index in [1.54, 1.807) is 7.11 Å². The molecule has 19 heavy (non-hydrogen) atoms. The van der Waals surface area contributed by atoms with Gasteiger partial charge >= 0.3 is 5.97 Å². The van der Waals surface area contributed by atoms with Crippen LogP contribution in [0.5, 0.6) is 5.75 Å². The highest BCUT2D eigenvalue weighted by Gasteiger charge is 2.21. The number of ether oxygens (including phenoxy) is 2. The van der Waals surface area contributed by atoms with E-state index in [-0.39, 0.29) is 5.97 Å². The minimum atomic E-state index is -0.463. The van der Waals surface area contributed by atoms with Gasteiger partial charge in [0.05, 0.1) is 18.7 Å². The van der Waals surface area contributed by atoms with Gasteiger partial charge in [-0.15, -0.1) is 0 Å². The topological polar surface area (TPSA) is 47.6 Å². The minimum absolute atomic E-state index is 0.294. The SMILES string of the molecule is COC(=O)C(NCC(C)C)c1ccc(OC)c(Br)c1. The molecule has 1 N–H and O–H groups in total. The van der Waals surface area contributed by atoms with Gasteiger partial charge in [-0.2, -0.15) is 0 Å². The largest absolute Gasteiger partial charge is 0.496 e. The van der Waals surface area contributed by atoms with Gasteiger partial charge in [-0.1, -0.05) is 19.9 Å². The lowest BCUT2D eigenvalue weighted by atomic mass is 10.1. The predicted molar refractivity (Wildman–Crippen MR) is 78.3 cm³/mol. The lowest BCUT2D eigenvalue weighted by Gasteiger charge is -2.19. The molecule has 0 saturated carbocycles. The molecule has 0 spiro atoms. The van der Waals surface area contributed by atoms with Crippen LogP contribution in [0, 0.1) is 5.92 Å². The van der Waals surface area contributed by atoms with Crippen LogP contribution in [-0.2, 0) is 9.53 Å². The first-order valence-corrected chi connectivity index (χ1v) is 6.93. The van der Waals surface area contributed by atoms with E-state index >= 15 is 0 Å². The van der Waals surface area contributed by atoms with E-state index < -0.39 is 6.04 Å². The Morgan fingerprint density at radius 3 is 2.53 bits per heavy atom. The van der Waals surface area contributed by atoms with Crippen LogP contribution in [-0.4, -0.2) is 26.7 Å². The lowest BCUT2D eigenvalue weighted by Crippen LogP contribution is -2.32. The van der Waals surface area contributed by atoms with Gasteiger partial charge in [0.2, 0.25) is 0 Å².